The van der Waals surface area contributed by atoms with E-state index in [1.54, 1.807) is 4.90 Å². The normalized spacial score (nSPS) is 28.3. The summed E-state index contributed by atoms with van der Waals surface area (Å²) in [6, 6.07) is 0.262. The molecule has 1 unspecified atom stereocenters. The molecule has 0 aromatic carbocycles. The molecule has 2 rings (SSSR count). The highest BCUT2D eigenvalue weighted by Gasteiger charge is 2.33. The Bertz CT molecular complexity index is 388. The van der Waals surface area contributed by atoms with Crippen LogP contribution in [0, 0.1) is 5.92 Å². The second kappa shape index (κ2) is 7.11. The minimum atomic E-state index is -0.782. The summed E-state index contributed by atoms with van der Waals surface area (Å²) in [4.78, 5) is 29.9. The van der Waals surface area contributed by atoms with Gasteiger partial charge in [0.05, 0.1) is 5.92 Å². The second-order valence-electron chi connectivity index (χ2n) is 6.28. The summed E-state index contributed by atoms with van der Waals surface area (Å²) in [5, 5.41) is 9.17. The van der Waals surface area contributed by atoms with Gasteiger partial charge in [0.25, 0.3) is 0 Å². The van der Waals surface area contributed by atoms with E-state index in [1.165, 1.54) is 0 Å². The number of carboxylic acid groups (broad SMARTS) is 1. The predicted molar refractivity (Wildman–Crippen MR) is 80.2 cm³/mol. The van der Waals surface area contributed by atoms with Crippen LogP contribution in [-0.2, 0) is 4.79 Å². The average Bonchev–Trinajstić information content (AvgIpc) is 2.67. The third-order valence-corrected chi connectivity index (χ3v) is 4.66. The molecular weight excluding hydrogens is 270 g/mol. The lowest BCUT2D eigenvalue weighted by Gasteiger charge is -2.38. The topological polar surface area (TPSA) is 64.1 Å². The Labute approximate surface area is 126 Å². The van der Waals surface area contributed by atoms with Gasteiger partial charge >= 0.3 is 12.0 Å². The number of urea groups is 1. The van der Waals surface area contributed by atoms with Crippen molar-refractivity contribution in [1.29, 1.82) is 0 Å². The molecule has 2 atom stereocenters. The van der Waals surface area contributed by atoms with Gasteiger partial charge in [-0.15, -0.1) is 0 Å². The summed E-state index contributed by atoms with van der Waals surface area (Å²) in [6.45, 7) is 5.84. The van der Waals surface area contributed by atoms with Gasteiger partial charge in [0.15, 0.2) is 0 Å². The van der Waals surface area contributed by atoms with Crippen LogP contribution >= 0.6 is 0 Å². The minimum absolute atomic E-state index is 0.0306. The number of rotatable bonds is 2. The molecule has 6 nitrogen and oxygen atoms in total. The predicted octanol–water partition coefficient (Wildman–Crippen LogP) is 1.32. The van der Waals surface area contributed by atoms with Crippen molar-refractivity contribution in [1.82, 2.24) is 14.7 Å². The molecule has 2 aliphatic heterocycles. The van der Waals surface area contributed by atoms with Crippen molar-refractivity contribution in [3.63, 3.8) is 0 Å². The van der Waals surface area contributed by atoms with Gasteiger partial charge in [-0.05, 0) is 39.3 Å². The van der Waals surface area contributed by atoms with Crippen molar-refractivity contribution in [2.45, 2.75) is 38.6 Å². The molecule has 120 valence electrons. The van der Waals surface area contributed by atoms with Crippen molar-refractivity contribution in [3.8, 4) is 0 Å². The van der Waals surface area contributed by atoms with E-state index in [1.807, 2.05) is 4.90 Å². The Kier molecular flexibility index (Phi) is 5.45. The van der Waals surface area contributed by atoms with Crippen LogP contribution in [0.4, 0.5) is 4.79 Å². The second-order valence-corrected chi connectivity index (χ2v) is 6.28. The Hall–Kier alpha value is -1.30. The van der Waals surface area contributed by atoms with E-state index < -0.39 is 11.9 Å². The molecule has 0 bridgehead atoms. The number of likely N-dealkylation sites (N-methyl/N-ethyl adjacent to an activating group) is 1. The monoisotopic (exact) mass is 297 g/mol. The van der Waals surface area contributed by atoms with Crippen molar-refractivity contribution in [2.24, 2.45) is 5.92 Å². The first kappa shape index (κ1) is 16.1. The Morgan fingerprint density at radius 1 is 1.14 bits per heavy atom. The summed E-state index contributed by atoms with van der Waals surface area (Å²) in [7, 11) is 2.10. The first-order valence-electron chi connectivity index (χ1n) is 7.99. The molecule has 1 N–H and O–H groups in total. The Morgan fingerprint density at radius 2 is 1.90 bits per heavy atom. The molecular formula is C15H27N3O3. The van der Waals surface area contributed by atoms with E-state index in [-0.39, 0.29) is 12.1 Å². The zero-order valence-corrected chi connectivity index (χ0v) is 13.1. The summed E-state index contributed by atoms with van der Waals surface area (Å²) in [5.41, 5.74) is 0. The standard InChI is InChI=1S/C15H27N3O3/c1-3-13-11-16(2)7-5-9-18(13)15(21)17-8-4-6-12(10-17)14(19)20/h12-13H,3-11H2,1-2H3,(H,19,20)/t12-,13?/m0/s1. The number of aliphatic carboxylic acids is 1. The van der Waals surface area contributed by atoms with E-state index in [4.69, 9.17) is 5.11 Å². The van der Waals surface area contributed by atoms with Gasteiger partial charge < -0.3 is 19.8 Å². The average molecular weight is 297 g/mol. The zero-order valence-electron chi connectivity index (χ0n) is 13.1. The Morgan fingerprint density at radius 3 is 2.57 bits per heavy atom. The Balaban J connectivity index is 2.04. The fourth-order valence-electron chi connectivity index (χ4n) is 3.38. The number of likely N-dealkylation sites (tertiary alicyclic amines) is 1. The molecule has 0 aromatic rings. The smallest absolute Gasteiger partial charge is 0.320 e. The van der Waals surface area contributed by atoms with Gasteiger partial charge in [-0.2, -0.15) is 0 Å². The summed E-state index contributed by atoms with van der Waals surface area (Å²) >= 11 is 0. The summed E-state index contributed by atoms with van der Waals surface area (Å²) in [6.07, 6.45) is 3.38. The van der Waals surface area contributed by atoms with Gasteiger partial charge in [-0.25, -0.2) is 4.79 Å². The number of hydrogen-bond donors (Lipinski definition) is 1. The summed E-state index contributed by atoms with van der Waals surface area (Å²) < 4.78 is 0. The van der Waals surface area contributed by atoms with Gasteiger partial charge in [0, 0.05) is 32.2 Å². The van der Waals surface area contributed by atoms with Gasteiger partial charge in [-0.1, -0.05) is 6.92 Å². The van der Waals surface area contributed by atoms with E-state index >= 15 is 0 Å². The van der Waals surface area contributed by atoms with E-state index in [2.05, 4.69) is 18.9 Å². The number of carbonyl (C=O) groups excluding carboxylic acids is 1. The van der Waals surface area contributed by atoms with Crippen LogP contribution in [0.1, 0.15) is 32.6 Å². The third kappa shape index (κ3) is 3.87. The first-order valence-corrected chi connectivity index (χ1v) is 7.99. The van der Waals surface area contributed by atoms with Crippen LogP contribution in [0.5, 0.6) is 0 Å². The van der Waals surface area contributed by atoms with Crippen molar-refractivity contribution >= 4 is 12.0 Å². The molecule has 2 heterocycles. The quantitative estimate of drug-likeness (QED) is 0.835. The summed E-state index contributed by atoms with van der Waals surface area (Å²) in [5.74, 6) is -1.19. The first-order chi connectivity index (χ1) is 10.0. The van der Waals surface area contributed by atoms with Crippen LogP contribution < -0.4 is 0 Å². The van der Waals surface area contributed by atoms with Crippen LogP contribution in [0.2, 0.25) is 0 Å². The maximum Gasteiger partial charge on any atom is 0.320 e. The van der Waals surface area contributed by atoms with E-state index in [0.29, 0.717) is 19.5 Å². The maximum atomic E-state index is 12.8. The van der Waals surface area contributed by atoms with Gasteiger partial charge in [0.2, 0.25) is 0 Å². The molecule has 0 spiro atoms. The number of amides is 2. The number of carbonyl (C=O) groups is 2. The van der Waals surface area contributed by atoms with Crippen LogP contribution in [0.15, 0.2) is 0 Å². The number of carboxylic acids is 1. The maximum absolute atomic E-state index is 12.8. The van der Waals surface area contributed by atoms with Crippen molar-refractivity contribution in [3.05, 3.63) is 0 Å². The highest BCUT2D eigenvalue weighted by atomic mass is 16.4. The lowest BCUT2D eigenvalue weighted by atomic mass is 9.98. The van der Waals surface area contributed by atoms with Crippen LogP contribution in [0.25, 0.3) is 0 Å². The molecule has 0 radical (unpaired) electrons. The SMILES string of the molecule is CCC1CN(C)CCCN1C(=O)N1CCC[C@H](C(=O)O)C1. The lowest BCUT2D eigenvalue weighted by Crippen LogP contribution is -2.53. The molecule has 6 heteroatoms. The lowest BCUT2D eigenvalue weighted by molar-refractivity contribution is -0.143. The molecule has 21 heavy (non-hydrogen) atoms. The molecule has 0 aromatic heterocycles. The number of piperidine rings is 1. The third-order valence-electron chi connectivity index (χ3n) is 4.66. The fourth-order valence-corrected chi connectivity index (χ4v) is 3.38. The number of nitrogens with zero attached hydrogens (tertiary/aromatic N) is 3. The highest BCUT2D eigenvalue weighted by molar-refractivity contribution is 5.77. The minimum Gasteiger partial charge on any atom is -0.481 e. The van der Waals surface area contributed by atoms with Gasteiger partial charge in [-0.3, -0.25) is 4.79 Å². The molecule has 2 fully saturated rings. The van der Waals surface area contributed by atoms with Crippen LogP contribution in [-0.4, -0.2) is 77.6 Å². The molecule has 2 amide bonds. The van der Waals surface area contributed by atoms with Crippen molar-refractivity contribution < 1.29 is 14.7 Å². The van der Waals surface area contributed by atoms with Gasteiger partial charge in [0.1, 0.15) is 0 Å². The van der Waals surface area contributed by atoms with Crippen molar-refractivity contribution in [2.75, 3.05) is 39.8 Å². The fraction of sp³-hybridized carbons (Fsp3) is 0.867. The molecule has 2 aliphatic rings. The number of hydrogen-bond acceptors (Lipinski definition) is 3. The van der Waals surface area contributed by atoms with E-state index in [0.717, 1.165) is 38.9 Å². The highest BCUT2D eigenvalue weighted by Crippen LogP contribution is 2.21. The molecule has 0 saturated carbocycles. The molecule has 2 saturated heterocycles. The van der Waals surface area contributed by atoms with Crippen LogP contribution in [0.3, 0.4) is 0 Å². The van der Waals surface area contributed by atoms with E-state index in [9.17, 15) is 9.59 Å². The zero-order chi connectivity index (χ0) is 15.4. The molecule has 0 aliphatic carbocycles. The largest absolute Gasteiger partial charge is 0.481 e.